The Hall–Kier alpha value is -2.51. The molecule has 0 saturated heterocycles. The first-order valence-corrected chi connectivity index (χ1v) is 10.6. The first-order valence-electron chi connectivity index (χ1n) is 8.37. The molecule has 1 heterocycles. The summed E-state index contributed by atoms with van der Waals surface area (Å²) in [5, 5.41) is 4.45. The number of rotatable bonds is 8. The van der Waals surface area contributed by atoms with Gasteiger partial charge < -0.3 is 11.1 Å². The summed E-state index contributed by atoms with van der Waals surface area (Å²) in [6.45, 7) is 0.550. The smallest absolute Gasteiger partial charge is 0.255 e. The van der Waals surface area contributed by atoms with Crippen molar-refractivity contribution in [3.8, 4) is 0 Å². The van der Waals surface area contributed by atoms with Gasteiger partial charge in [-0.1, -0.05) is 72.4 Å². The van der Waals surface area contributed by atoms with Crippen LogP contribution in [0.5, 0.6) is 0 Å². The summed E-state index contributed by atoms with van der Waals surface area (Å²) in [6, 6.07) is 20.0. The maximum Gasteiger partial charge on any atom is 0.255 e. The minimum atomic E-state index is -0.534. The van der Waals surface area contributed by atoms with Crippen molar-refractivity contribution in [1.29, 1.82) is 0 Å². The number of hydrogen-bond donors (Lipinski definition) is 2. The maximum absolute atomic E-state index is 12.1. The van der Waals surface area contributed by atoms with Gasteiger partial charge in [-0.05, 0) is 17.4 Å². The summed E-state index contributed by atoms with van der Waals surface area (Å²) in [5.41, 5.74) is 8.25. The van der Waals surface area contributed by atoms with E-state index in [1.54, 1.807) is 0 Å². The predicted octanol–water partition coefficient (Wildman–Crippen LogP) is 4.20. The molecule has 2 aromatic carbocycles. The molecule has 0 bridgehead atoms. The SMILES string of the molecule is CSc1nc(NCc2ccccc2)c(C(N)=O)c(SCc2ccccc2)n1. The average Bonchev–Trinajstić information content (AvgIpc) is 2.71. The summed E-state index contributed by atoms with van der Waals surface area (Å²) in [5.74, 6) is 0.638. The zero-order valence-corrected chi connectivity index (χ0v) is 16.5. The largest absolute Gasteiger partial charge is 0.365 e. The van der Waals surface area contributed by atoms with Crippen LogP contribution >= 0.6 is 23.5 Å². The fourth-order valence-electron chi connectivity index (χ4n) is 2.47. The lowest BCUT2D eigenvalue weighted by molar-refractivity contribution is 0.0997. The highest BCUT2D eigenvalue weighted by Gasteiger charge is 2.19. The molecular weight excluding hydrogens is 376 g/mol. The molecule has 5 nitrogen and oxygen atoms in total. The molecule has 0 atom stereocenters. The van der Waals surface area contributed by atoms with E-state index >= 15 is 0 Å². The lowest BCUT2D eigenvalue weighted by Gasteiger charge is -2.14. The highest BCUT2D eigenvalue weighted by atomic mass is 32.2. The topological polar surface area (TPSA) is 80.9 Å². The number of thioether (sulfide) groups is 2. The van der Waals surface area contributed by atoms with E-state index in [4.69, 9.17) is 5.73 Å². The quantitative estimate of drug-likeness (QED) is 0.337. The van der Waals surface area contributed by atoms with Crippen LogP contribution in [0.25, 0.3) is 0 Å². The molecule has 138 valence electrons. The molecule has 0 aliphatic heterocycles. The van der Waals surface area contributed by atoms with Gasteiger partial charge in [-0.25, -0.2) is 9.97 Å². The van der Waals surface area contributed by atoms with Gasteiger partial charge in [0.1, 0.15) is 16.4 Å². The lowest BCUT2D eigenvalue weighted by atomic mass is 10.2. The van der Waals surface area contributed by atoms with Crippen molar-refractivity contribution in [2.24, 2.45) is 5.73 Å². The Balaban J connectivity index is 1.88. The zero-order chi connectivity index (χ0) is 19.1. The summed E-state index contributed by atoms with van der Waals surface area (Å²) in [4.78, 5) is 21.1. The molecular formula is C20H20N4OS2. The molecule has 0 aliphatic carbocycles. The van der Waals surface area contributed by atoms with Crippen molar-refractivity contribution in [3.63, 3.8) is 0 Å². The highest BCUT2D eigenvalue weighted by Crippen LogP contribution is 2.30. The van der Waals surface area contributed by atoms with Crippen molar-refractivity contribution in [3.05, 3.63) is 77.4 Å². The van der Waals surface area contributed by atoms with Gasteiger partial charge in [0.05, 0.1) is 0 Å². The van der Waals surface area contributed by atoms with E-state index in [1.807, 2.05) is 66.9 Å². The monoisotopic (exact) mass is 396 g/mol. The fourth-order valence-corrected chi connectivity index (χ4v) is 3.89. The molecule has 0 fully saturated rings. The van der Waals surface area contributed by atoms with E-state index in [0.717, 1.165) is 11.1 Å². The number of carbonyl (C=O) groups is 1. The molecule has 3 N–H and O–H groups in total. The average molecular weight is 397 g/mol. The van der Waals surface area contributed by atoms with Gasteiger partial charge in [0.2, 0.25) is 0 Å². The molecule has 3 aromatic rings. The maximum atomic E-state index is 12.1. The molecule has 0 radical (unpaired) electrons. The number of nitrogens with zero attached hydrogens (tertiary/aromatic N) is 2. The van der Waals surface area contributed by atoms with Crippen LogP contribution in [-0.2, 0) is 12.3 Å². The standard InChI is InChI=1S/C20H20N4OS2/c1-26-20-23-18(22-12-14-8-4-2-5-9-14)16(17(21)25)19(24-20)27-13-15-10-6-3-7-11-15/h2-11H,12-13H2,1H3,(H2,21,25)(H,22,23,24). The summed E-state index contributed by atoms with van der Waals surface area (Å²) >= 11 is 2.92. The Labute approximate surface area is 167 Å². The van der Waals surface area contributed by atoms with Gasteiger partial charge in [0, 0.05) is 12.3 Å². The molecule has 7 heteroatoms. The Morgan fingerprint density at radius 1 is 1.00 bits per heavy atom. The minimum Gasteiger partial charge on any atom is -0.365 e. The Bertz CT molecular complexity index is 840. The zero-order valence-electron chi connectivity index (χ0n) is 14.9. The summed E-state index contributed by atoms with van der Waals surface area (Å²) < 4.78 is 0. The van der Waals surface area contributed by atoms with E-state index in [0.29, 0.717) is 33.9 Å². The number of carbonyl (C=O) groups excluding carboxylic acids is 1. The third-order valence-corrected chi connectivity index (χ3v) is 5.40. The predicted molar refractivity (Wildman–Crippen MR) is 112 cm³/mol. The number of benzene rings is 2. The number of primary amides is 1. The number of anilines is 1. The highest BCUT2D eigenvalue weighted by molar-refractivity contribution is 7.99. The van der Waals surface area contributed by atoms with E-state index in [-0.39, 0.29) is 0 Å². The third-order valence-electron chi connectivity index (χ3n) is 3.81. The van der Waals surface area contributed by atoms with Crippen LogP contribution in [-0.4, -0.2) is 22.1 Å². The second-order valence-electron chi connectivity index (χ2n) is 5.72. The molecule has 0 saturated carbocycles. The number of amides is 1. The Kier molecular flexibility index (Phi) is 6.73. The van der Waals surface area contributed by atoms with Gasteiger partial charge in [0.25, 0.3) is 5.91 Å². The van der Waals surface area contributed by atoms with E-state index in [1.165, 1.54) is 23.5 Å². The van der Waals surface area contributed by atoms with E-state index in [2.05, 4.69) is 15.3 Å². The van der Waals surface area contributed by atoms with Gasteiger partial charge in [-0.15, -0.1) is 11.8 Å². The van der Waals surface area contributed by atoms with Crippen LogP contribution in [0.1, 0.15) is 21.5 Å². The molecule has 27 heavy (non-hydrogen) atoms. The van der Waals surface area contributed by atoms with Crippen LogP contribution in [0.4, 0.5) is 5.82 Å². The van der Waals surface area contributed by atoms with Crippen LogP contribution in [0.15, 0.2) is 70.8 Å². The first kappa shape index (κ1) is 19.3. The molecule has 3 rings (SSSR count). The molecule has 0 aliphatic rings. The van der Waals surface area contributed by atoms with Gasteiger partial charge in [-0.2, -0.15) is 0 Å². The van der Waals surface area contributed by atoms with Crippen molar-refractivity contribution in [1.82, 2.24) is 9.97 Å². The van der Waals surface area contributed by atoms with Crippen LogP contribution in [0, 0.1) is 0 Å². The molecule has 1 aromatic heterocycles. The second kappa shape index (κ2) is 9.43. The first-order chi connectivity index (χ1) is 13.2. The summed E-state index contributed by atoms with van der Waals surface area (Å²) in [7, 11) is 0. The Morgan fingerprint density at radius 3 is 2.22 bits per heavy atom. The van der Waals surface area contributed by atoms with Crippen molar-refractivity contribution in [2.45, 2.75) is 22.5 Å². The molecule has 1 amide bonds. The van der Waals surface area contributed by atoms with E-state index in [9.17, 15) is 4.79 Å². The van der Waals surface area contributed by atoms with Crippen molar-refractivity contribution >= 4 is 35.2 Å². The van der Waals surface area contributed by atoms with Crippen molar-refractivity contribution < 1.29 is 4.79 Å². The van der Waals surface area contributed by atoms with Crippen LogP contribution < -0.4 is 11.1 Å². The van der Waals surface area contributed by atoms with Crippen molar-refractivity contribution in [2.75, 3.05) is 11.6 Å². The van der Waals surface area contributed by atoms with Crippen LogP contribution in [0.2, 0.25) is 0 Å². The second-order valence-corrected chi connectivity index (χ2v) is 7.45. The fraction of sp³-hybridized carbons (Fsp3) is 0.150. The number of nitrogens with one attached hydrogen (secondary N) is 1. The van der Waals surface area contributed by atoms with E-state index < -0.39 is 5.91 Å². The molecule has 0 unspecified atom stereocenters. The Morgan fingerprint density at radius 2 is 1.63 bits per heavy atom. The van der Waals surface area contributed by atoms with Crippen LogP contribution in [0.3, 0.4) is 0 Å². The van der Waals surface area contributed by atoms with Gasteiger partial charge in [-0.3, -0.25) is 4.79 Å². The number of nitrogens with two attached hydrogens (primary N) is 1. The van der Waals surface area contributed by atoms with Gasteiger partial charge >= 0.3 is 0 Å². The van der Waals surface area contributed by atoms with Gasteiger partial charge in [0.15, 0.2) is 5.16 Å². The third kappa shape index (κ3) is 5.24. The number of hydrogen-bond acceptors (Lipinski definition) is 6. The summed E-state index contributed by atoms with van der Waals surface area (Å²) in [6.07, 6.45) is 1.91. The normalized spacial score (nSPS) is 10.6. The number of aromatic nitrogens is 2. The lowest BCUT2D eigenvalue weighted by Crippen LogP contribution is -2.18. The minimum absolute atomic E-state index is 0.338. The molecule has 0 spiro atoms.